The van der Waals surface area contributed by atoms with Crippen LogP contribution in [0.25, 0.3) is 0 Å². The molecule has 0 amide bonds. The van der Waals surface area contributed by atoms with Gasteiger partial charge >= 0.3 is 0 Å². The molecule has 0 fully saturated rings. The van der Waals surface area contributed by atoms with Crippen LogP contribution in [0.4, 0.5) is 0 Å². The second-order valence-electron chi connectivity index (χ2n) is 5.30. The standard InChI is InChI=1S/C16H20ClN3/c1-12(2)8-18-9-13-10-19-16(20-11-13)7-14-5-3-4-6-15(14)17/h3-6,10-12,18H,7-9H2,1-2H3. The maximum atomic E-state index is 6.14. The zero-order valence-corrected chi connectivity index (χ0v) is 12.7. The molecule has 1 aromatic carbocycles. The molecule has 0 aliphatic rings. The van der Waals surface area contributed by atoms with Gasteiger partial charge in [0.2, 0.25) is 0 Å². The second-order valence-corrected chi connectivity index (χ2v) is 5.71. The number of hydrogen-bond donors (Lipinski definition) is 1. The lowest BCUT2D eigenvalue weighted by Gasteiger charge is -2.07. The van der Waals surface area contributed by atoms with Crippen molar-refractivity contribution < 1.29 is 0 Å². The number of hydrogen-bond acceptors (Lipinski definition) is 3. The minimum absolute atomic E-state index is 0.649. The van der Waals surface area contributed by atoms with Gasteiger partial charge in [-0.05, 0) is 24.1 Å². The summed E-state index contributed by atoms with van der Waals surface area (Å²) in [5, 5.41) is 4.14. The van der Waals surface area contributed by atoms with Gasteiger partial charge in [0.15, 0.2) is 0 Å². The fourth-order valence-electron chi connectivity index (χ4n) is 1.88. The molecular formula is C16H20ClN3. The minimum Gasteiger partial charge on any atom is -0.312 e. The van der Waals surface area contributed by atoms with Gasteiger partial charge in [-0.25, -0.2) is 9.97 Å². The van der Waals surface area contributed by atoms with Crippen LogP contribution in [0.15, 0.2) is 36.7 Å². The topological polar surface area (TPSA) is 37.8 Å². The first kappa shape index (κ1) is 14.9. The number of rotatable bonds is 6. The minimum atomic E-state index is 0.649. The predicted octanol–water partition coefficient (Wildman–Crippen LogP) is 3.47. The normalized spacial score (nSPS) is 11.0. The van der Waals surface area contributed by atoms with Crippen LogP contribution in [0.2, 0.25) is 5.02 Å². The quantitative estimate of drug-likeness (QED) is 0.885. The molecule has 1 N–H and O–H groups in total. The maximum Gasteiger partial charge on any atom is 0.132 e. The van der Waals surface area contributed by atoms with Crippen LogP contribution in [-0.4, -0.2) is 16.5 Å². The molecule has 0 saturated heterocycles. The van der Waals surface area contributed by atoms with E-state index in [0.717, 1.165) is 35.1 Å². The van der Waals surface area contributed by atoms with E-state index in [4.69, 9.17) is 11.6 Å². The van der Waals surface area contributed by atoms with E-state index in [1.807, 2.05) is 36.7 Å². The summed E-state index contributed by atoms with van der Waals surface area (Å²) >= 11 is 6.14. The van der Waals surface area contributed by atoms with E-state index in [9.17, 15) is 0 Å². The fraction of sp³-hybridized carbons (Fsp3) is 0.375. The molecule has 0 unspecified atom stereocenters. The summed E-state index contributed by atoms with van der Waals surface area (Å²) in [6.45, 7) is 6.19. The summed E-state index contributed by atoms with van der Waals surface area (Å²) in [4.78, 5) is 8.81. The zero-order chi connectivity index (χ0) is 14.4. The number of aromatic nitrogens is 2. The molecule has 0 saturated carbocycles. The van der Waals surface area contributed by atoms with E-state index < -0.39 is 0 Å². The van der Waals surface area contributed by atoms with Crippen LogP contribution in [0.1, 0.15) is 30.8 Å². The zero-order valence-electron chi connectivity index (χ0n) is 11.9. The van der Waals surface area contributed by atoms with Crippen LogP contribution < -0.4 is 5.32 Å². The average Bonchev–Trinajstić information content (AvgIpc) is 2.43. The number of benzene rings is 1. The molecule has 0 aliphatic heterocycles. The molecule has 0 bridgehead atoms. The molecule has 20 heavy (non-hydrogen) atoms. The van der Waals surface area contributed by atoms with Gasteiger partial charge in [-0.15, -0.1) is 0 Å². The van der Waals surface area contributed by atoms with Crippen molar-refractivity contribution in [2.24, 2.45) is 5.92 Å². The van der Waals surface area contributed by atoms with Crippen LogP contribution in [0.5, 0.6) is 0 Å². The first-order valence-electron chi connectivity index (χ1n) is 6.89. The molecule has 0 atom stereocenters. The van der Waals surface area contributed by atoms with Gasteiger partial charge < -0.3 is 5.32 Å². The van der Waals surface area contributed by atoms with Crippen molar-refractivity contribution >= 4 is 11.6 Å². The third kappa shape index (κ3) is 4.58. The SMILES string of the molecule is CC(C)CNCc1cnc(Cc2ccccc2Cl)nc1. The van der Waals surface area contributed by atoms with Gasteiger partial charge in [-0.1, -0.05) is 43.6 Å². The lowest BCUT2D eigenvalue weighted by molar-refractivity contribution is 0.551. The van der Waals surface area contributed by atoms with Crippen molar-refractivity contribution in [1.29, 1.82) is 0 Å². The summed E-state index contributed by atoms with van der Waals surface area (Å²) < 4.78 is 0. The monoisotopic (exact) mass is 289 g/mol. The van der Waals surface area contributed by atoms with Crippen molar-refractivity contribution in [2.45, 2.75) is 26.8 Å². The lowest BCUT2D eigenvalue weighted by atomic mass is 10.1. The Hall–Kier alpha value is -1.45. The highest BCUT2D eigenvalue weighted by molar-refractivity contribution is 6.31. The van der Waals surface area contributed by atoms with E-state index in [-0.39, 0.29) is 0 Å². The second kappa shape index (κ2) is 7.36. The molecule has 2 rings (SSSR count). The third-order valence-corrected chi connectivity index (χ3v) is 3.32. The predicted molar refractivity (Wildman–Crippen MR) is 82.8 cm³/mol. The molecule has 106 valence electrons. The van der Waals surface area contributed by atoms with E-state index in [1.165, 1.54) is 0 Å². The molecule has 4 heteroatoms. The van der Waals surface area contributed by atoms with Gasteiger partial charge in [0.25, 0.3) is 0 Å². The Morgan fingerprint density at radius 3 is 2.50 bits per heavy atom. The van der Waals surface area contributed by atoms with Gasteiger partial charge in [-0.2, -0.15) is 0 Å². The molecule has 3 nitrogen and oxygen atoms in total. The highest BCUT2D eigenvalue weighted by Crippen LogP contribution is 2.17. The van der Waals surface area contributed by atoms with E-state index in [2.05, 4.69) is 29.1 Å². The number of nitrogens with one attached hydrogen (secondary N) is 1. The molecule has 0 aliphatic carbocycles. The fourth-order valence-corrected chi connectivity index (χ4v) is 2.08. The van der Waals surface area contributed by atoms with Crippen molar-refractivity contribution in [3.05, 3.63) is 58.6 Å². The molecule has 0 spiro atoms. The Morgan fingerprint density at radius 2 is 1.85 bits per heavy atom. The van der Waals surface area contributed by atoms with Gasteiger partial charge in [0, 0.05) is 35.9 Å². The first-order valence-corrected chi connectivity index (χ1v) is 7.27. The van der Waals surface area contributed by atoms with Crippen LogP contribution in [-0.2, 0) is 13.0 Å². The van der Waals surface area contributed by atoms with Gasteiger partial charge in [-0.3, -0.25) is 0 Å². The van der Waals surface area contributed by atoms with Crippen LogP contribution in [0.3, 0.4) is 0 Å². The van der Waals surface area contributed by atoms with E-state index in [1.54, 1.807) is 0 Å². The van der Waals surface area contributed by atoms with Crippen molar-refractivity contribution in [3.8, 4) is 0 Å². The van der Waals surface area contributed by atoms with Crippen molar-refractivity contribution in [2.75, 3.05) is 6.54 Å². The highest BCUT2D eigenvalue weighted by Gasteiger charge is 2.03. The number of halogens is 1. The summed E-state index contributed by atoms with van der Waals surface area (Å²) in [6, 6.07) is 7.80. The molecular weight excluding hydrogens is 270 g/mol. The molecule has 0 radical (unpaired) electrons. The Balaban J connectivity index is 1.93. The van der Waals surface area contributed by atoms with E-state index >= 15 is 0 Å². The average molecular weight is 290 g/mol. The first-order chi connectivity index (χ1) is 9.65. The van der Waals surface area contributed by atoms with Crippen LogP contribution >= 0.6 is 11.6 Å². The highest BCUT2D eigenvalue weighted by atomic mass is 35.5. The third-order valence-electron chi connectivity index (χ3n) is 2.95. The smallest absolute Gasteiger partial charge is 0.132 e. The molecule has 1 heterocycles. The molecule has 1 aromatic heterocycles. The summed E-state index contributed by atoms with van der Waals surface area (Å²) in [5.41, 5.74) is 2.16. The van der Waals surface area contributed by atoms with Gasteiger partial charge in [0.05, 0.1) is 0 Å². The Bertz CT molecular complexity index is 538. The summed E-state index contributed by atoms with van der Waals surface area (Å²) in [6.07, 6.45) is 4.43. The van der Waals surface area contributed by atoms with E-state index in [0.29, 0.717) is 12.3 Å². The Morgan fingerprint density at radius 1 is 1.15 bits per heavy atom. The number of nitrogens with zero attached hydrogens (tertiary/aromatic N) is 2. The van der Waals surface area contributed by atoms with Crippen molar-refractivity contribution in [1.82, 2.24) is 15.3 Å². The van der Waals surface area contributed by atoms with Crippen molar-refractivity contribution in [3.63, 3.8) is 0 Å². The lowest BCUT2D eigenvalue weighted by Crippen LogP contribution is -2.19. The summed E-state index contributed by atoms with van der Waals surface area (Å²) in [7, 11) is 0. The van der Waals surface area contributed by atoms with Gasteiger partial charge in [0.1, 0.15) is 5.82 Å². The summed E-state index contributed by atoms with van der Waals surface area (Å²) in [5.74, 6) is 1.45. The largest absolute Gasteiger partial charge is 0.312 e. The maximum absolute atomic E-state index is 6.14. The van der Waals surface area contributed by atoms with Crippen LogP contribution in [0, 0.1) is 5.92 Å². The Kier molecular flexibility index (Phi) is 5.50. The Labute approximate surface area is 125 Å². The molecule has 2 aromatic rings.